The van der Waals surface area contributed by atoms with Crippen molar-refractivity contribution in [2.24, 2.45) is 0 Å². The standard InChI is InChI=1S/C11H8FN3O3S/c12-8-4-7(5-13-6-8)10(16)15-9-2-1-3-14-11(9)19(17)18/h1-6H,(H,15,16)(H,17,18). The summed E-state index contributed by atoms with van der Waals surface area (Å²) in [6.07, 6.45) is 3.47. The molecule has 2 N–H and O–H groups in total. The minimum absolute atomic E-state index is 0.00137. The van der Waals surface area contributed by atoms with Crippen LogP contribution in [-0.2, 0) is 11.1 Å². The van der Waals surface area contributed by atoms with Crippen molar-refractivity contribution in [3.8, 4) is 0 Å². The number of rotatable bonds is 3. The first-order valence-electron chi connectivity index (χ1n) is 5.05. The third kappa shape index (κ3) is 3.18. The monoisotopic (exact) mass is 281 g/mol. The van der Waals surface area contributed by atoms with E-state index in [1.165, 1.54) is 24.5 Å². The summed E-state index contributed by atoms with van der Waals surface area (Å²) >= 11 is -2.33. The number of pyridine rings is 2. The first-order valence-corrected chi connectivity index (χ1v) is 6.16. The summed E-state index contributed by atoms with van der Waals surface area (Å²) in [6, 6.07) is 3.92. The number of nitrogens with zero attached hydrogens (tertiary/aromatic N) is 2. The number of halogens is 1. The van der Waals surface area contributed by atoms with Gasteiger partial charge in [-0.3, -0.25) is 9.78 Å². The predicted octanol–water partition coefficient (Wildman–Crippen LogP) is 1.45. The molecule has 0 aromatic carbocycles. The maximum atomic E-state index is 12.9. The fourth-order valence-corrected chi connectivity index (χ4v) is 1.81. The Hall–Kier alpha value is -2.19. The summed E-state index contributed by atoms with van der Waals surface area (Å²) in [5.41, 5.74) is 0.0797. The van der Waals surface area contributed by atoms with E-state index in [1.54, 1.807) is 0 Å². The fraction of sp³-hybridized carbons (Fsp3) is 0. The van der Waals surface area contributed by atoms with Crippen molar-refractivity contribution in [2.45, 2.75) is 5.03 Å². The van der Waals surface area contributed by atoms with Crippen LogP contribution < -0.4 is 5.32 Å². The number of carbonyl (C=O) groups is 1. The van der Waals surface area contributed by atoms with Gasteiger partial charge in [0.05, 0.1) is 17.4 Å². The van der Waals surface area contributed by atoms with E-state index in [-0.39, 0.29) is 16.3 Å². The molecule has 98 valence electrons. The lowest BCUT2D eigenvalue weighted by atomic mass is 10.2. The van der Waals surface area contributed by atoms with Crippen molar-refractivity contribution >= 4 is 22.7 Å². The first-order chi connectivity index (χ1) is 9.08. The van der Waals surface area contributed by atoms with Crippen LogP contribution in [0.1, 0.15) is 10.4 Å². The second-order valence-electron chi connectivity index (χ2n) is 3.45. The number of amides is 1. The molecular weight excluding hydrogens is 273 g/mol. The van der Waals surface area contributed by atoms with Gasteiger partial charge in [-0.1, -0.05) is 0 Å². The molecule has 2 rings (SSSR count). The summed E-state index contributed by atoms with van der Waals surface area (Å²) < 4.78 is 33.0. The lowest BCUT2D eigenvalue weighted by molar-refractivity contribution is 0.102. The second kappa shape index (κ2) is 5.63. The zero-order valence-corrected chi connectivity index (χ0v) is 10.2. The van der Waals surface area contributed by atoms with Crippen LogP contribution in [0.25, 0.3) is 0 Å². The largest absolute Gasteiger partial charge is 0.319 e. The molecule has 2 heterocycles. The van der Waals surface area contributed by atoms with Crippen LogP contribution >= 0.6 is 0 Å². The van der Waals surface area contributed by atoms with E-state index in [1.807, 2.05) is 0 Å². The van der Waals surface area contributed by atoms with Crippen LogP contribution in [0, 0.1) is 5.82 Å². The van der Waals surface area contributed by atoms with Crippen molar-refractivity contribution in [2.75, 3.05) is 5.32 Å². The molecule has 1 atom stereocenters. The Morgan fingerprint density at radius 2 is 2.21 bits per heavy atom. The number of aromatic nitrogens is 2. The molecule has 0 bridgehead atoms. The van der Waals surface area contributed by atoms with Crippen LogP contribution in [0.2, 0.25) is 0 Å². The van der Waals surface area contributed by atoms with Crippen LogP contribution in [0.15, 0.2) is 41.8 Å². The van der Waals surface area contributed by atoms with Gasteiger partial charge in [0.2, 0.25) is 11.1 Å². The van der Waals surface area contributed by atoms with Crippen molar-refractivity contribution in [1.82, 2.24) is 9.97 Å². The van der Waals surface area contributed by atoms with Crippen LogP contribution in [0.3, 0.4) is 0 Å². The fourth-order valence-electron chi connectivity index (χ4n) is 1.36. The topological polar surface area (TPSA) is 92.2 Å². The summed E-state index contributed by atoms with van der Waals surface area (Å²) in [7, 11) is 0. The zero-order chi connectivity index (χ0) is 13.8. The summed E-state index contributed by atoms with van der Waals surface area (Å²) in [5, 5.41) is 2.19. The second-order valence-corrected chi connectivity index (χ2v) is 4.34. The lowest BCUT2D eigenvalue weighted by Crippen LogP contribution is -2.14. The third-order valence-electron chi connectivity index (χ3n) is 2.15. The van der Waals surface area contributed by atoms with Gasteiger partial charge in [0.1, 0.15) is 5.82 Å². The average Bonchev–Trinajstić information content (AvgIpc) is 2.39. The first kappa shape index (κ1) is 13.2. The summed E-state index contributed by atoms with van der Waals surface area (Å²) in [6.45, 7) is 0. The van der Waals surface area contributed by atoms with Crippen molar-refractivity contribution in [1.29, 1.82) is 0 Å². The average molecular weight is 281 g/mol. The van der Waals surface area contributed by atoms with Gasteiger partial charge in [-0.15, -0.1) is 0 Å². The predicted molar refractivity (Wildman–Crippen MR) is 65.4 cm³/mol. The third-order valence-corrected chi connectivity index (χ3v) is 2.81. The number of anilines is 1. The van der Waals surface area contributed by atoms with Crippen molar-refractivity contribution in [3.05, 3.63) is 48.2 Å². The van der Waals surface area contributed by atoms with Crippen LogP contribution in [0.4, 0.5) is 10.1 Å². The molecule has 0 saturated heterocycles. The van der Waals surface area contributed by atoms with Crippen LogP contribution in [-0.4, -0.2) is 24.6 Å². The van der Waals surface area contributed by atoms with Gasteiger partial charge < -0.3 is 9.87 Å². The van der Waals surface area contributed by atoms with Crippen LogP contribution in [0.5, 0.6) is 0 Å². The van der Waals surface area contributed by atoms with Gasteiger partial charge in [-0.2, -0.15) is 0 Å². The van der Waals surface area contributed by atoms with Gasteiger partial charge in [-0.05, 0) is 18.2 Å². The minimum Gasteiger partial charge on any atom is -0.319 e. The van der Waals surface area contributed by atoms with Gasteiger partial charge >= 0.3 is 0 Å². The Kier molecular flexibility index (Phi) is 3.93. The highest BCUT2D eigenvalue weighted by molar-refractivity contribution is 7.79. The number of nitrogens with one attached hydrogen (secondary N) is 1. The molecule has 0 saturated carbocycles. The quantitative estimate of drug-likeness (QED) is 0.831. The molecule has 0 aliphatic heterocycles. The van der Waals surface area contributed by atoms with E-state index in [4.69, 9.17) is 4.55 Å². The molecule has 0 aliphatic rings. The van der Waals surface area contributed by atoms with E-state index in [0.29, 0.717) is 0 Å². The Morgan fingerprint density at radius 1 is 1.42 bits per heavy atom. The smallest absolute Gasteiger partial charge is 0.257 e. The van der Waals surface area contributed by atoms with Gasteiger partial charge in [-0.25, -0.2) is 13.6 Å². The number of hydrogen-bond donors (Lipinski definition) is 2. The SMILES string of the molecule is O=C(Nc1cccnc1S(=O)O)c1cncc(F)c1. The maximum absolute atomic E-state index is 12.9. The minimum atomic E-state index is -2.33. The maximum Gasteiger partial charge on any atom is 0.257 e. The van der Waals surface area contributed by atoms with Crippen molar-refractivity contribution in [3.63, 3.8) is 0 Å². The van der Waals surface area contributed by atoms with E-state index in [0.717, 1.165) is 12.3 Å². The zero-order valence-electron chi connectivity index (χ0n) is 9.41. The molecule has 0 aliphatic carbocycles. The molecule has 6 nitrogen and oxygen atoms in total. The van der Waals surface area contributed by atoms with Gasteiger partial charge in [0.15, 0.2) is 5.03 Å². The molecule has 0 radical (unpaired) electrons. The molecule has 1 unspecified atom stereocenters. The molecule has 2 aromatic heterocycles. The normalized spacial score (nSPS) is 11.9. The molecule has 0 spiro atoms. The van der Waals surface area contributed by atoms with Gasteiger partial charge in [0, 0.05) is 12.4 Å². The molecular formula is C11H8FN3O3S. The summed E-state index contributed by atoms with van der Waals surface area (Å²) in [4.78, 5) is 19.0. The highest BCUT2D eigenvalue weighted by atomic mass is 32.2. The van der Waals surface area contributed by atoms with E-state index >= 15 is 0 Å². The molecule has 19 heavy (non-hydrogen) atoms. The number of hydrogen-bond acceptors (Lipinski definition) is 4. The molecule has 2 aromatic rings. The Balaban J connectivity index is 2.27. The highest BCUT2D eigenvalue weighted by Gasteiger charge is 2.13. The van der Waals surface area contributed by atoms with E-state index in [9.17, 15) is 13.4 Å². The van der Waals surface area contributed by atoms with Gasteiger partial charge in [0.25, 0.3) is 5.91 Å². The Labute approximate surface area is 110 Å². The van der Waals surface area contributed by atoms with E-state index in [2.05, 4.69) is 15.3 Å². The molecule has 0 fully saturated rings. The Bertz CT molecular complexity index is 651. The number of carbonyl (C=O) groups excluding carboxylic acids is 1. The molecule has 8 heteroatoms. The van der Waals surface area contributed by atoms with E-state index < -0.39 is 22.8 Å². The van der Waals surface area contributed by atoms with Crippen molar-refractivity contribution < 1.29 is 17.9 Å². The summed E-state index contributed by atoms with van der Waals surface area (Å²) in [5.74, 6) is -1.29. The Morgan fingerprint density at radius 3 is 2.89 bits per heavy atom. The molecule has 1 amide bonds. The lowest BCUT2D eigenvalue weighted by Gasteiger charge is -2.07. The highest BCUT2D eigenvalue weighted by Crippen LogP contribution is 2.16.